The first-order chi connectivity index (χ1) is 16.9. The van der Waals surface area contributed by atoms with Gasteiger partial charge >= 0.3 is 0 Å². The molecule has 10 heteroatoms. The molecule has 0 aliphatic heterocycles. The Labute approximate surface area is 203 Å². The number of nitrogens with two attached hydrogens (primary N) is 1. The third kappa shape index (κ3) is 6.70. The lowest BCUT2D eigenvalue weighted by molar-refractivity contribution is -0.122. The van der Waals surface area contributed by atoms with Crippen LogP contribution in [-0.4, -0.2) is 35.8 Å². The number of nitrogens with one attached hydrogen (secondary N) is 4. The minimum atomic E-state index is -0.905. The highest BCUT2D eigenvalue weighted by Crippen LogP contribution is 2.32. The molecule has 0 aliphatic rings. The summed E-state index contributed by atoms with van der Waals surface area (Å²) in [5, 5.41) is 10.7. The number of hydrazine groups is 1. The van der Waals surface area contributed by atoms with Gasteiger partial charge in [0.25, 0.3) is 11.8 Å². The number of carbonyl (C=O) groups is 2. The highest BCUT2D eigenvalue weighted by Gasteiger charge is 2.23. The molecule has 0 bridgehead atoms. The third-order valence-electron chi connectivity index (χ3n) is 4.87. The minimum Gasteiger partial charge on any atom is -0.490 e. The maximum absolute atomic E-state index is 13.2. The van der Waals surface area contributed by atoms with E-state index in [1.54, 1.807) is 54.6 Å². The molecule has 2 aromatic carbocycles. The van der Waals surface area contributed by atoms with E-state index in [0.717, 1.165) is 0 Å². The summed E-state index contributed by atoms with van der Waals surface area (Å²) in [6, 6.07) is 16.0. The van der Waals surface area contributed by atoms with Gasteiger partial charge in [0.1, 0.15) is 17.6 Å². The second-order valence-electron chi connectivity index (χ2n) is 7.30. The molecular formula is C25H28N6O4. The summed E-state index contributed by atoms with van der Waals surface area (Å²) < 4.78 is 11.3. The normalized spacial score (nSPS) is 11.1. The van der Waals surface area contributed by atoms with Crippen LogP contribution in [0.5, 0.6) is 11.5 Å². The van der Waals surface area contributed by atoms with Crippen molar-refractivity contribution in [2.45, 2.75) is 19.9 Å². The maximum Gasteiger partial charge on any atom is 0.288 e. The number of nitrogens with zero attached hydrogens (tertiary/aromatic N) is 1. The Morgan fingerprint density at radius 3 is 2.31 bits per heavy atom. The number of carbonyl (C=O) groups excluding carboxylic acids is 2. The number of amidine groups is 1. The molecule has 10 nitrogen and oxygen atoms in total. The summed E-state index contributed by atoms with van der Waals surface area (Å²) >= 11 is 0. The van der Waals surface area contributed by atoms with Crippen LogP contribution in [0.25, 0.3) is 0 Å². The molecule has 3 rings (SSSR count). The first-order valence-electron chi connectivity index (χ1n) is 11.0. The molecule has 2 amide bonds. The molecule has 1 aromatic heterocycles. The Morgan fingerprint density at radius 1 is 0.971 bits per heavy atom. The lowest BCUT2D eigenvalue weighted by atomic mass is 10.0. The zero-order chi connectivity index (χ0) is 25.2. The van der Waals surface area contributed by atoms with Crippen LogP contribution in [0.3, 0.4) is 0 Å². The summed E-state index contributed by atoms with van der Waals surface area (Å²) in [5.41, 5.74) is 12.3. The van der Waals surface area contributed by atoms with E-state index in [4.69, 9.17) is 20.6 Å². The van der Waals surface area contributed by atoms with Crippen molar-refractivity contribution in [3.05, 3.63) is 83.7 Å². The molecule has 0 saturated carbocycles. The molecular weight excluding hydrogens is 448 g/mol. The molecule has 0 saturated heterocycles. The van der Waals surface area contributed by atoms with Gasteiger partial charge < -0.3 is 20.5 Å². The van der Waals surface area contributed by atoms with Crippen LogP contribution >= 0.6 is 0 Å². The molecule has 182 valence electrons. The standard InChI is InChI=1S/C25H28N6O4/c1-3-34-20-13-10-17(15-21(20)35-4-2)22(29-18-11-8-16(9-12-18)23(26)27)25(33)31-30-24(32)19-7-5-6-14-28-19/h5-15,22,29H,3-4H2,1-2H3,(H3,26,27)(H,30,32)(H,31,33). The predicted octanol–water partition coefficient (Wildman–Crippen LogP) is 2.78. The highest BCUT2D eigenvalue weighted by atomic mass is 16.5. The molecule has 0 radical (unpaired) electrons. The Hall–Kier alpha value is -4.60. The van der Waals surface area contributed by atoms with Crippen LogP contribution in [0, 0.1) is 5.41 Å². The van der Waals surface area contributed by atoms with E-state index in [9.17, 15) is 9.59 Å². The molecule has 1 unspecified atom stereocenters. The van der Waals surface area contributed by atoms with E-state index in [-0.39, 0.29) is 11.5 Å². The number of aromatic nitrogens is 1. The number of rotatable bonds is 10. The number of ether oxygens (including phenoxy) is 2. The van der Waals surface area contributed by atoms with Crippen LogP contribution in [0.4, 0.5) is 5.69 Å². The van der Waals surface area contributed by atoms with Crippen molar-refractivity contribution >= 4 is 23.3 Å². The van der Waals surface area contributed by atoms with Gasteiger partial charge in [0.2, 0.25) is 0 Å². The van der Waals surface area contributed by atoms with E-state index < -0.39 is 17.9 Å². The topological polar surface area (TPSA) is 151 Å². The van der Waals surface area contributed by atoms with Gasteiger partial charge in [-0.15, -0.1) is 0 Å². The van der Waals surface area contributed by atoms with Gasteiger partial charge in [-0.1, -0.05) is 12.1 Å². The van der Waals surface area contributed by atoms with Crippen molar-refractivity contribution in [1.82, 2.24) is 15.8 Å². The van der Waals surface area contributed by atoms with Gasteiger partial charge in [-0.3, -0.25) is 30.8 Å². The van der Waals surface area contributed by atoms with Crippen LogP contribution < -0.4 is 31.4 Å². The fourth-order valence-electron chi connectivity index (χ4n) is 3.21. The van der Waals surface area contributed by atoms with Gasteiger partial charge in [0, 0.05) is 17.4 Å². The Balaban J connectivity index is 1.87. The monoisotopic (exact) mass is 476 g/mol. The summed E-state index contributed by atoms with van der Waals surface area (Å²) in [4.78, 5) is 29.5. The van der Waals surface area contributed by atoms with Crippen LogP contribution in [0.2, 0.25) is 0 Å². The van der Waals surface area contributed by atoms with Crippen molar-refractivity contribution in [2.75, 3.05) is 18.5 Å². The van der Waals surface area contributed by atoms with Gasteiger partial charge in [-0.25, -0.2) is 0 Å². The first kappa shape index (κ1) is 25.0. The zero-order valence-electron chi connectivity index (χ0n) is 19.5. The number of amides is 2. The molecule has 0 spiro atoms. The van der Waals surface area contributed by atoms with Crippen LogP contribution in [-0.2, 0) is 4.79 Å². The Bertz CT molecular complexity index is 1170. The van der Waals surface area contributed by atoms with Crippen LogP contribution in [0.1, 0.15) is 41.5 Å². The number of pyridine rings is 1. The Kier molecular flexibility index (Phi) is 8.60. The predicted molar refractivity (Wildman–Crippen MR) is 132 cm³/mol. The smallest absolute Gasteiger partial charge is 0.288 e. The number of hydrogen-bond donors (Lipinski definition) is 5. The van der Waals surface area contributed by atoms with E-state index >= 15 is 0 Å². The lowest BCUT2D eigenvalue weighted by Crippen LogP contribution is -2.45. The van der Waals surface area contributed by atoms with Gasteiger partial charge in [-0.05, 0) is 67.9 Å². The fourth-order valence-corrected chi connectivity index (χ4v) is 3.21. The summed E-state index contributed by atoms with van der Waals surface area (Å²) in [7, 11) is 0. The second kappa shape index (κ2) is 12.0. The van der Waals surface area contributed by atoms with Crippen molar-refractivity contribution in [2.24, 2.45) is 5.73 Å². The number of benzene rings is 2. The molecule has 0 aliphatic carbocycles. The molecule has 1 atom stereocenters. The van der Waals surface area contributed by atoms with E-state index in [1.807, 2.05) is 13.8 Å². The zero-order valence-corrected chi connectivity index (χ0v) is 19.5. The number of hydrogen-bond acceptors (Lipinski definition) is 7. The molecule has 35 heavy (non-hydrogen) atoms. The highest BCUT2D eigenvalue weighted by molar-refractivity contribution is 5.96. The SMILES string of the molecule is CCOc1ccc(C(Nc2ccc(C(=N)N)cc2)C(=O)NNC(=O)c2ccccn2)cc1OCC. The fraction of sp³-hybridized carbons (Fsp3) is 0.200. The van der Waals surface area contributed by atoms with E-state index in [2.05, 4.69) is 21.2 Å². The van der Waals surface area contributed by atoms with E-state index in [1.165, 1.54) is 12.3 Å². The van der Waals surface area contributed by atoms with Gasteiger partial charge in [-0.2, -0.15) is 0 Å². The van der Waals surface area contributed by atoms with Crippen LogP contribution in [0.15, 0.2) is 66.9 Å². The quantitative estimate of drug-likeness (QED) is 0.171. The average molecular weight is 477 g/mol. The maximum atomic E-state index is 13.2. The minimum absolute atomic E-state index is 0.0593. The Morgan fingerprint density at radius 2 is 1.69 bits per heavy atom. The molecule has 3 aromatic rings. The molecule has 6 N–H and O–H groups in total. The lowest BCUT2D eigenvalue weighted by Gasteiger charge is -2.22. The average Bonchev–Trinajstić information content (AvgIpc) is 2.87. The van der Waals surface area contributed by atoms with Crippen molar-refractivity contribution in [3.63, 3.8) is 0 Å². The summed E-state index contributed by atoms with van der Waals surface area (Å²) in [5.74, 6) is -0.0693. The molecule has 1 heterocycles. The van der Waals surface area contributed by atoms with Crippen molar-refractivity contribution in [3.8, 4) is 11.5 Å². The summed E-state index contributed by atoms with van der Waals surface area (Å²) in [6.45, 7) is 4.61. The van der Waals surface area contributed by atoms with Crippen molar-refractivity contribution < 1.29 is 19.1 Å². The molecule has 0 fully saturated rings. The van der Waals surface area contributed by atoms with E-state index in [0.29, 0.717) is 41.5 Å². The number of nitrogen functional groups attached to an aromatic ring is 1. The van der Waals surface area contributed by atoms with Gasteiger partial charge in [0.05, 0.1) is 13.2 Å². The van der Waals surface area contributed by atoms with Crippen molar-refractivity contribution in [1.29, 1.82) is 5.41 Å². The first-order valence-corrected chi connectivity index (χ1v) is 11.0. The second-order valence-corrected chi connectivity index (χ2v) is 7.30. The summed E-state index contributed by atoms with van der Waals surface area (Å²) in [6.07, 6.45) is 1.49. The third-order valence-corrected chi connectivity index (χ3v) is 4.87. The largest absolute Gasteiger partial charge is 0.490 e. The van der Waals surface area contributed by atoms with Gasteiger partial charge in [0.15, 0.2) is 11.5 Å². The number of anilines is 1.